The molecule has 0 radical (unpaired) electrons. The van der Waals surface area contributed by atoms with Crippen molar-refractivity contribution in [3.8, 4) is 0 Å². The van der Waals surface area contributed by atoms with Crippen LogP contribution in [0.3, 0.4) is 0 Å². The summed E-state index contributed by atoms with van der Waals surface area (Å²) >= 11 is 0. The normalized spacial score (nSPS) is 18.0. The van der Waals surface area contributed by atoms with Gasteiger partial charge in [-0.05, 0) is 13.0 Å². The van der Waals surface area contributed by atoms with Crippen LogP contribution in [0.5, 0.6) is 0 Å². The lowest BCUT2D eigenvalue weighted by atomic mass is 10.2. The SMILES string of the molecule is CCOC(=O)c1cc2n(c1)CCNC2OC(=O)C(F)(F)F. The predicted molar refractivity (Wildman–Crippen MR) is 63.3 cm³/mol. The Morgan fingerprint density at radius 3 is 2.81 bits per heavy atom. The van der Waals surface area contributed by atoms with Crippen molar-refractivity contribution in [3.05, 3.63) is 23.5 Å². The van der Waals surface area contributed by atoms with Crippen LogP contribution in [0, 0.1) is 0 Å². The second-order valence-electron chi connectivity index (χ2n) is 4.30. The van der Waals surface area contributed by atoms with Gasteiger partial charge in [-0.3, -0.25) is 5.32 Å². The topological polar surface area (TPSA) is 69.6 Å². The molecule has 2 rings (SSSR count). The number of hydrogen-bond donors (Lipinski definition) is 1. The van der Waals surface area contributed by atoms with E-state index in [1.54, 1.807) is 11.5 Å². The third-order valence-electron chi connectivity index (χ3n) is 2.85. The molecule has 0 saturated carbocycles. The van der Waals surface area contributed by atoms with Crippen molar-refractivity contribution in [1.82, 2.24) is 9.88 Å². The van der Waals surface area contributed by atoms with E-state index in [-0.39, 0.29) is 17.9 Å². The highest BCUT2D eigenvalue weighted by Crippen LogP contribution is 2.26. The van der Waals surface area contributed by atoms with Gasteiger partial charge >= 0.3 is 18.1 Å². The summed E-state index contributed by atoms with van der Waals surface area (Å²) in [4.78, 5) is 22.5. The summed E-state index contributed by atoms with van der Waals surface area (Å²) < 4.78 is 47.4. The number of ether oxygens (including phenoxy) is 2. The third-order valence-corrected chi connectivity index (χ3v) is 2.85. The minimum absolute atomic E-state index is 0.185. The van der Waals surface area contributed by atoms with E-state index in [4.69, 9.17) is 4.74 Å². The number of nitrogens with zero attached hydrogens (tertiary/aromatic N) is 1. The van der Waals surface area contributed by atoms with Gasteiger partial charge in [0.25, 0.3) is 0 Å². The van der Waals surface area contributed by atoms with E-state index in [0.29, 0.717) is 13.1 Å². The van der Waals surface area contributed by atoms with E-state index >= 15 is 0 Å². The molecule has 0 spiro atoms. The molecule has 0 fully saturated rings. The molecule has 0 aliphatic carbocycles. The molecule has 1 atom stereocenters. The van der Waals surface area contributed by atoms with Crippen molar-refractivity contribution < 1.29 is 32.2 Å². The summed E-state index contributed by atoms with van der Waals surface area (Å²) in [5, 5.41) is 2.65. The predicted octanol–water partition coefficient (Wildman–Crippen LogP) is 1.37. The van der Waals surface area contributed by atoms with E-state index in [0.717, 1.165) is 0 Å². The van der Waals surface area contributed by atoms with Crippen LogP contribution in [0.15, 0.2) is 12.3 Å². The Morgan fingerprint density at radius 2 is 2.19 bits per heavy atom. The third kappa shape index (κ3) is 3.35. The average Bonchev–Trinajstić information content (AvgIpc) is 2.83. The molecule has 1 N–H and O–H groups in total. The highest BCUT2D eigenvalue weighted by Gasteiger charge is 2.43. The molecule has 1 aromatic heterocycles. The van der Waals surface area contributed by atoms with E-state index in [2.05, 4.69) is 10.1 Å². The van der Waals surface area contributed by atoms with E-state index < -0.39 is 24.3 Å². The molecule has 0 saturated heterocycles. The highest BCUT2D eigenvalue weighted by molar-refractivity contribution is 5.89. The van der Waals surface area contributed by atoms with Gasteiger partial charge in [-0.1, -0.05) is 0 Å². The van der Waals surface area contributed by atoms with Crippen LogP contribution in [0.4, 0.5) is 13.2 Å². The number of esters is 2. The average molecular weight is 306 g/mol. The molecule has 1 aromatic rings. The zero-order chi connectivity index (χ0) is 15.6. The summed E-state index contributed by atoms with van der Waals surface area (Å²) in [6.07, 6.45) is -4.86. The Hall–Kier alpha value is -2.03. The molecule has 1 unspecified atom stereocenters. The molecule has 0 bridgehead atoms. The number of halogens is 3. The zero-order valence-electron chi connectivity index (χ0n) is 11.1. The zero-order valence-corrected chi connectivity index (χ0v) is 11.1. The highest BCUT2D eigenvalue weighted by atomic mass is 19.4. The number of carbonyl (C=O) groups excluding carboxylic acids is 2. The molecule has 1 aliphatic heterocycles. The van der Waals surface area contributed by atoms with Gasteiger partial charge in [0.2, 0.25) is 0 Å². The van der Waals surface area contributed by atoms with Crippen LogP contribution >= 0.6 is 0 Å². The first-order valence-electron chi connectivity index (χ1n) is 6.21. The molecular formula is C12H13F3N2O4. The lowest BCUT2D eigenvalue weighted by Crippen LogP contribution is -2.38. The first-order valence-corrected chi connectivity index (χ1v) is 6.21. The fourth-order valence-corrected chi connectivity index (χ4v) is 1.96. The monoisotopic (exact) mass is 306 g/mol. The first kappa shape index (κ1) is 15.4. The molecule has 0 aromatic carbocycles. The quantitative estimate of drug-likeness (QED) is 0.854. The number of alkyl halides is 3. The molecule has 0 amide bonds. The smallest absolute Gasteiger partial charge is 0.462 e. The van der Waals surface area contributed by atoms with Crippen molar-refractivity contribution in [2.45, 2.75) is 25.9 Å². The van der Waals surface area contributed by atoms with Crippen LogP contribution in [-0.2, 0) is 20.8 Å². The Balaban J connectivity index is 2.19. The lowest BCUT2D eigenvalue weighted by Gasteiger charge is -2.26. The summed E-state index contributed by atoms with van der Waals surface area (Å²) in [5.74, 6) is -2.87. The maximum absolute atomic E-state index is 12.2. The Bertz CT molecular complexity index is 553. The van der Waals surface area contributed by atoms with Crippen LogP contribution in [0.2, 0.25) is 0 Å². The van der Waals surface area contributed by atoms with Gasteiger partial charge in [0, 0.05) is 19.3 Å². The molecule has 9 heteroatoms. The number of carbonyl (C=O) groups is 2. The van der Waals surface area contributed by atoms with Gasteiger partial charge in [-0.2, -0.15) is 13.2 Å². The molecule has 116 valence electrons. The van der Waals surface area contributed by atoms with Gasteiger partial charge in [-0.25, -0.2) is 9.59 Å². The molecule has 6 nitrogen and oxygen atoms in total. The minimum atomic E-state index is -5.07. The summed E-state index contributed by atoms with van der Waals surface area (Å²) in [6, 6.07) is 1.35. The van der Waals surface area contributed by atoms with Crippen molar-refractivity contribution in [1.29, 1.82) is 0 Å². The van der Waals surface area contributed by atoms with Crippen molar-refractivity contribution in [2.75, 3.05) is 13.2 Å². The van der Waals surface area contributed by atoms with Crippen LogP contribution in [-0.4, -0.2) is 35.8 Å². The minimum Gasteiger partial charge on any atom is -0.462 e. The van der Waals surface area contributed by atoms with E-state index in [9.17, 15) is 22.8 Å². The van der Waals surface area contributed by atoms with E-state index in [1.807, 2.05) is 0 Å². The Labute approximate surface area is 117 Å². The second kappa shape index (κ2) is 5.76. The van der Waals surface area contributed by atoms with Gasteiger partial charge in [0.1, 0.15) is 0 Å². The number of aromatic nitrogens is 1. The van der Waals surface area contributed by atoms with Crippen molar-refractivity contribution in [3.63, 3.8) is 0 Å². The van der Waals surface area contributed by atoms with Crippen molar-refractivity contribution in [2.24, 2.45) is 0 Å². The van der Waals surface area contributed by atoms with Gasteiger partial charge in [0.05, 0.1) is 17.9 Å². The largest absolute Gasteiger partial charge is 0.490 e. The van der Waals surface area contributed by atoms with Gasteiger partial charge in [-0.15, -0.1) is 0 Å². The maximum atomic E-state index is 12.2. The number of fused-ring (bicyclic) bond motifs is 1. The number of nitrogens with one attached hydrogen (secondary N) is 1. The fourth-order valence-electron chi connectivity index (χ4n) is 1.96. The number of rotatable bonds is 3. The molecule has 1 aliphatic rings. The number of hydrogen-bond acceptors (Lipinski definition) is 5. The lowest BCUT2D eigenvalue weighted by molar-refractivity contribution is -0.207. The summed E-state index contributed by atoms with van der Waals surface area (Å²) in [5.41, 5.74) is 0.463. The van der Waals surface area contributed by atoms with Crippen LogP contribution in [0.25, 0.3) is 0 Å². The standard InChI is InChI=1S/C12H13F3N2O4/c1-2-20-10(18)7-5-8-9(16-3-4-17(8)6-7)21-11(19)12(13,14)15/h5-6,9,16H,2-4H2,1H3. The molecule has 21 heavy (non-hydrogen) atoms. The fraction of sp³-hybridized carbons (Fsp3) is 0.500. The van der Waals surface area contributed by atoms with Crippen LogP contribution < -0.4 is 5.32 Å². The molecular weight excluding hydrogens is 293 g/mol. The Kier molecular flexibility index (Phi) is 4.21. The van der Waals surface area contributed by atoms with E-state index in [1.165, 1.54) is 12.3 Å². The van der Waals surface area contributed by atoms with Crippen LogP contribution in [0.1, 0.15) is 29.2 Å². The van der Waals surface area contributed by atoms with Crippen molar-refractivity contribution >= 4 is 11.9 Å². The summed E-state index contributed by atoms with van der Waals surface area (Å²) in [6.45, 7) is 2.57. The first-order chi connectivity index (χ1) is 9.82. The molecule has 2 heterocycles. The second-order valence-corrected chi connectivity index (χ2v) is 4.30. The van der Waals surface area contributed by atoms with Gasteiger partial charge < -0.3 is 14.0 Å². The maximum Gasteiger partial charge on any atom is 0.490 e. The summed E-state index contributed by atoms with van der Waals surface area (Å²) in [7, 11) is 0. The van der Waals surface area contributed by atoms with Gasteiger partial charge in [0.15, 0.2) is 6.23 Å². The Morgan fingerprint density at radius 1 is 1.48 bits per heavy atom.